The lowest BCUT2D eigenvalue weighted by molar-refractivity contribution is -0.120. The number of rotatable bonds is 7. The number of hydrogen-bond donors (Lipinski definition) is 2. The Bertz CT molecular complexity index is 902. The third kappa shape index (κ3) is 4.98. The molecule has 0 saturated heterocycles. The minimum Gasteiger partial charge on any atom is -0.496 e. The Kier molecular flexibility index (Phi) is 5.89. The average Bonchev–Trinajstić information content (AvgIpc) is 3.23. The first-order valence-electron chi connectivity index (χ1n) is 8.48. The smallest absolute Gasteiger partial charge is 0.291 e. The fourth-order valence-electron chi connectivity index (χ4n) is 2.59. The molecule has 1 aromatic heterocycles. The molecular weight excluding hydrogens is 344 g/mol. The molecule has 0 atom stereocenters. The third-order valence-electron chi connectivity index (χ3n) is 3.99. The van der Waals surface area contributed by atoms with Gasteiger partial charge in [-0.3, -0.25) is 9.59 Å². The van der Waals surface area contributed by atoms with E-state index >= 15 is 0 Å². The van der Waals surface area contributed by atoms with Crippen LogP contribution in [0.3, 0.4) is 0 Å². The van der Waals surface area contributed by atoms with E-state index < -0.39 is 0 Å². The molecule has 1 heterocycles. The maximum Gasteiger partial charge on any atom is 0.291 e. The van der Waals surface area contributed by atoms with E-state index in [1.54, 1.807) is 31.4 Å². The molecule has 6 heteroatoms. The summed E-state index contributed by atoms with van der Waals surface area (Å²) in [4.78, 5) is 24.1. The van der Waals surface area contributed by atoms with Gasteiger partial charge in [-0.15, -0.1) is 0 Å². The van der Waals surface area contributed by atoms with Crippen LogP contribution < -0.4 is 15.4 Å². The van der Waals surface area contributed by atoms with Crippen LogP contribution in [0.5, 0.6) is 5.75 Å². The van der Waals surface area contributed by atoms with E-state index in [0.29, 0.717) is 18.0 Å². The Morgan fingerprint density at radius 2 is 1.78 bits per heavy atom. The number of hydrogen-bond acceptors (Lipinski definition) is 4. The summed E-state index contributed by atoms with van der Waals surface area (Å²) in [5, 5.41) is 5.63. The van der Waals surface area contributed by atoms with Crippen molar-refractivity contribution in [2.75, 3.05) is 12.4 Å². The topological polar surface area (TPSA) is 80.6 Å². The van der Waals surface area contributed by atoms with Crippen LogP contribution in [-0.4, -0.2) is 18.9 Å². The van der Waals surface area contributed by atoms with Crippen LogP contribution >= 0.6 is 0 Å². The summed E-state index contributed by atoms with van der Waals surface area (Å²) >= 11 is 0. The highest BCUT2D eigenvalue weighted by Gasteiger charge is 2.09. The van der Waals surface area contributed by atoms with E-state index in [2.05, 4.69) is 10.6 Å². The summed E-state index contributed by atoms with van der Waals surface area (Å²) < 4.78 is 10.3. The van der Waals surface area contributed by atoms with Gasteiger partial charge in [0.15, 0.2) is 5.76 Å². The molecule has 138 valence electrons. The fraction of sp³-hybridized carbons (Fsp3) is 0.143. The van der Waals surface area contributed by atoms with Crippen molar-refractivity contribution in [3.05, 3.63) is 83.8 Å². The van der Waals surface area contributed by atoms with Gasteiger partial charge >= 0.3 is 0 Å². The van der Waals surface area contributed by atoms with Gasteiger partial charge in [0, 0.05) is 17.8 Å². The van der Waals surface area contributed by atoms with Crippen LogP contribution in [0.15, 0.2) is 71.3 Å². The van der Waals surface area contributed by atoms with E-state index in [4.69, 9.17) is 9.15 Å². The average molecular weight is 364 g/mol. The third-order valence-corrected chi connectivity index (χ3v) is 3.99. The van der Waals surface area contributed by atoms with Crippen LogP contribution in [0.2, 0.25) is 0 Å². The van der Waals surface area contributed by atoms with Crippen molar-refractivity contribution in [2.24, 2.45) is 0 Å². The lowest BCUT2D eigenvalue weighted by atomic mass is 10.1. The van der Waals surface area contributed by atoms with Crippen molar-refractivity contribution in [2.45, 2.75) is 13.0 Å². The summed E-state index contributed by atoms with van der Waals surface area (Å²) in [6, 6.07) is 18.0. The highest BCUT2D eigenvalue weighted by atomic mass is 16.5. The van der Waals surface area contributed by atoms with Crippen LogP contribution in [0.25, 0.3) is 0 Å². The van der Waals surface area contributed by atoms with Gasteiger partial charge in [-0.25, -0.2) is 0 Å². The molecule has 0 unspecified atom stereocenters. The van der Waals surface area contributed by atoms with E-state index in [1.165, 1.54) is 6.26 Å². The zero-order valence-corrected chi connectivity index (χ0v) is 14.9. The van der Waals surface area contributed by atoms with Crippen molar-refractivity contribution >= 4 is 17.5 Å². The Morgan fingerprint density at radius 1 is 1.00 bits per heavy atom. The molecule has 3 rings (SSSR count). The number of para-hydroxylation sites is 1. The van der Waals surface area contributed by atoms with Gasteiger partial charge in [-0.2, -0.15) is 0 Å². The first-order valence-corrected chi connectivity index (χ1v) is 8.48. The van der Waals surface area contributed by atoms with Crippen LogP contribution in [0, 0.1) is 0 Å². The summed E-state index contributed by atoms with van der Waals surface area (Å²) in [7, 11) is 1.59. The number of amides is 2. The molecule has 2 N–H and O–H groups in total. The number of nitrogens with one attached hydrogen (secondary N) is 2. The number of benzene rings is 2. The van der Waals surface area contributed by atoms with E-state index in [1.807, 2.05) is 36.4 Å². The monoisotopic (exact) mass is 364 g/mol. The normalized spacial score (nSPS) is 10.3. The highest BCUT2D eigenvalue weighted by molar-refractivity contribution is 6.02. The predicted octanol–water partition coefficient (Wildman–Crippen LogP) is 3.40. The van der Waals surface area contributed by atoms with E-state index in [0.717, 1.165) is 11.1 Å². The molecule has 0 aliphatic carbocycles. The van der Waals surface area contributed by atoms with Gasteiger partial charge in [0.25, 0.3) is 5.91 Å². The van der Waals surface area contributed by atoms with Crippen molar-refractivity contribution in [1.82, 2.24) is 5.32 Å². The Balaban J connectivity index is 1.51. The number of methoxy groups -OCH3 is 1. The number of ether oxygens (including phenoxy) is 1. The number of furan rings is 1. The molecule has 0 fully saturated rings. The maximum absolute atomic E-state index is 12.2. The summed E-state index contributed by atoms with van der Waals surface area (Å²) in [5.41, 5.74) is 2.42. The zero-order valence-electron chi connectivity index (χ0n) is 14.9. The lowest BCUT2D eigenvalue weighted by Gasteiger charge is -2.09. The number of carbonyl (C=O) groups is 2. The second-order valence-corrected chi connectivity index (χ2v) is 5.89. The predicted molar refractivity (Wildman–Crippen MR) is 102 cm³/mol. The number of carbonyl (C=O) groups excluding carboxylic acids is 2. The van der Waals surface area contributed by atoms with Crippen molar-refractivity contribution in [3.8, 4) is 5.75 Å². The molecule has 6 nitrogen and oxygen atoms in total. The molecule has 0 radical (unpaired) electrons. The van der Waals surface area contributed by atoms with E-state index in [9.17, 15) is 9.59 Å². The fourth-order valence-corrected chi connectivity index (χ4v) is 2.59. The summed E-state index contributed by atoms with van der Waals surface area (Å²) in [6.07, 6.45) is 1.70. The lowest BCUT2D eigenvalue weighted by Crippen LogP contribution is -2.24. The zero-order chi connectivity index (χ0) is 19.1. The number of anilines is 1. The summed E-state index contributed by atoms with van der Waals surface area (Å²) in [5.74, 6) is 0.555. The highest BCUT2D eigenvalue weighted by Crippen LogP contribution is 2.17. The Morgan fingerprint density at radius 3 is 2.48 bits per heavy atom. The van der Waals surface area contributed by atoms with Crippen molar-refractivity contribution in [3.63, 3.8) is 0 Å². The van der Waals surface area contributed by atoms with Gasteiger partial charge in [0.1, 0.15) is 5.75 Å². The maximum atomic E-state index is 12.2. The van der Waals surface area contributed by atoms with Gasteiger partial charge < -0.3 is 19.8 Å². The van der Waals surface area contributed by atoms with Gasteiger partial charge in [-0.1, -0.05) is 30.3 Å². The summed E-state index contributed by atoms with van der Waals surface area (Å²) in [6.45, 7) is 0.403. The Hall–Kier alpha value is -3.54. The quantitative estimate of drug-likeness (QED) is 0.673. The van der Waals surface area contributed by atoms with Crippen LogP contribution in [0.1, 0.15) is 21.7 Å². The molecule has 2 amide bonds. The van der Waals surface area contributed by atoms with Crippen molar-refractivity contribution < 1.29 is 18.7 Å². The molecule has 0 aliphatic rings. The molecule has 0 spiro atoms. The SMILES string of the molecule is COc1ccccc1CC(=O)NCc1ccc(NC(=O)c2ccco2)cc1. The van der Waals surface area contributed by atoms with Gasteiger partial charge in [0.2, 0.25) is 5.91 Å². The molecule has 3 aromatic rings. The minimum absolute atomic E-state index is 0.0882. The second-order valence-electron chi connectivity index (χ2n) is 5.89. The van der Waals surface area contributed by atoms with Crippen LogP contribution in [0.4, 0.5) is 5.69 Å². The Labute approximate surface area is 157 Å². The first kappa shape index (κ1) is 18.3. The molecule has 27 heavy (non-hydrogen) atoms. The minimum atomic E-state index is -0.308. The molecule has 0 aliphatic heterocycles. The molecule has 0 saturated carbocycles. The van der Waals surface area contributed by atoms with Gasteiger partial charge in [-0.05, 0) is 35.9 Å². The molecule has 0 bridgehead atoms. The van der Waals surface area contributed by atoms with Crippen molar-refractivity contribution in [1.29, 1.82) is 0 Å². The standard InChI is InChI=1S/C21H20N2O4/c1-26-18-6-3-2-5-16(18)13-20(24)22-14-15-8-10-17(11-9-15)23-21(25)19-7-4-12-27-19/h2-12H,13-14H2,1H3,(H,22,24)(H,23,25). The largest absolute Gasteiger partial charge is 0.496 e. The first-order chi connectivity index (χ1) is 13.2. The second kappa shape index (κ2) is 8.71. The van der Waals surface area contributed by atoms with Crippen LogP contribution in [-0.2, 0) is 17.8 Å². The van der Waals surface area contributed by atoms with E-state index in [-0.39, 0.29) is 24.0 Å². The molecular formula is C21H20N2O4. The molecule has 2 aromatic carbocycles. The van der Waals surface area contributed by atoms with Gasteiger partial charge in [0.05, 0.1) is 19.8 Å².